The van der Waals surface area contributed by atoms with Gasteiger partial charge in [-0.05, 0) is 35.8 Å². The third kappa shape index (κ3) is 3.18. The van der Waals surface area contributed by atoms with E-state index in [-0.39, 0.29) is 0 Å². The minimum absolute atomic E-state index is 0.445. The lowest BCUT2D eigenvalue weighted by molar-refractivity contribution is -0.119. The maximum atomic E-state index is 11.6. The average Bonchev–Trinajstić information content (AvgIpc) is 2.54. The van der Waals surface area contributed by atoms with E-state index in [0.717, 1.165) is 19.3 Å². The van der Waals surface area contributed by atoms with E-state index < -0.39 is 0 Å². The van der Waals surface area contributed by atoms with E-state index in [9.17, 15) is 4.79 Å². The van der Waals surface area contributed by atoms with Gasteiger partial charge in [-0.2, -0.15) is 0 Å². The van der Waals surface area contributed by atoms with Gasteiger partial charge >= 0.3 is 0 Å². The number of hydrogen-bond acceptors (Lipinski definition) is 1. The number of ketones is 1. The first-order chi connectivity index (χ1) is 8.16. The third-order valence-electron chi connectivity index (χ3n) is 3.81. The number of carbonyl (C=O) groups excluding carboxylic acids is 1. The number of carbonyl (C=O) groups is 1. The van der Waals surface area contributed by atoms with Crippen LogP contribution in [0.25, 0.3) is 0 Å². The lowest BCUT2D eigenvalue weighted by atomic mass is 9.90. The van der Waals surface area contributed by atoms with Crippen molar-refractivity contribution in [1.82, 2.24) is 0 Å². The van der Waals surface area contributed by atoms with Gasteiger partial charge in [0.1, 0.15) is 5.78 Å². The van der Waals surface area contributed by atoms with E-state index in [1.54, 1.807) is 0 Å². The molecule has 0 aliphatic heterocycles. The number of rotatable bonds is 2. The second kappa shape index (κ2) is 5.48. The standard InChI is InChI=1S/C16H22O/c1-12(2)13-7-9-14(10-8-13)15-5-3-4-6-16(17)11-15/h7-10,12,15H,3-6,11H2,1-2H3. The molecule has 0 aromatic heterocycles. The highest BCUT2D eigenvalue weighted by Gasteiger charge is 2.19. The fourth-order valence-electron chi connectivity index (χ4n) is 2.63. The smallest absolute Gasteiger partial charge is 0.133 e. The van der Waals surface area contributed by atoms with Crippen LogP contribution in [0.2, 0.25) is 0 Å². The van der Waals surface area contributed by atoms with Gasteiger partial charge in [0.2, 0.25) is 0 Å². The molecule has 1 fully saturated rings. The first-order valence-electron chi connectivity index (χ1n) is 6.78. The van der Waals surface area contributed by atoms with Crippen molar-refractivity contribution < 1.29 is 4.79 Å². The summed E-state index contributed by atoms with van der Waals surface area (Å²) in [5.41, 5.74) is 2.73. The van der Waals surface area contributed by atoms with Crippen LogP contribution >= 0.6 is 0 Å². The largest absolute Gasteiger partial charge is 0.300 e. The van der Waals surface area contributed by atoms with Crippen LogP contribution in [0.4, 0.5) is 0 Å². The molecule has 1 heteroatoms. The van der Waals surface area contributed by atoms with Gasteiger partial charge in [0.05, 0.1) is 0 Å². The second-order valence-electron chi connectivity index (χ2n) is 5.51. The fourth-order valence-corrected chi connectivity index (χ4v) is 2.63. The maximum absolute atomic E-state index is 11.6. The Labute approximate surface area is 104 Å². The SMILES string of the molecule is CC(C)c1ccc(C2CCCCC(=O)C2)cc1. The molecule has 1 atom stereocenters. The zero-order valence-corrected chi connectivity index (χ0v) is 10.9. The van der Waals surface area contributed by atoms with E-state index in [1.807, 2.05) is 0 Å². The van der Waals surface area contributed by atoms with Gasteiger partial charge in [-0.25, -0.2) is 0 Å². The van der Waals surface area contributed by atoms with Gasteiger partial charge in [0.25, 0.3) is 0 Å². The quantitative estimate of drug-likeness (QED) is 0.687. The van der Waals surface area contributed by atoms with Crippen molar-refractivity contribution in [3.63, 3.8) is 0 Å². The van der Waals surface area contributed by atoms with Crippen LogP contribution in [-0.4, -0.2) is 5.78 Å². The molecular formula is C16H22O. The zero-order chi connectivity index (χ0) is 12.3. The van der Waals surface area contributed by atoms with Crippen molar-refractivity contribution in [3.05, 3.63) is 35.4 Å². The Morgan fingerprint density at radius 2 is 1.82 bits per heavy atom. The molecule has 0 heterocycles. The molecule has 0 radical (unpaired) electrons. The lowest BCUT2D eigenvalue weighted by Crippen LogP contribution is -2.03. The Balaban J connectivity index is 2.12. The van der Waals surface area contributed by atoms with Crippen molar-refractivity contribution in [3.8, 4) is 0 Å². The van der Waals surface area contributed by atoms with Gasteiger partial charge in [-0.1, -0.05) is 44.5 Å². The van der Waals surface area contributed by atoms with Crippen molar-refractivity contribution >= 4 is 5.78 Å². The molecule has 1 aromatic carbocycles. The number of Topliss-reactive ketones (excluding diaryl/α,β-unsaturated/α-hetero) is 1. The summed E-state index contributed by atoms with van der Waals surface area (Å²) in [7, 11) is 0. The topological polar surface area (TPSA) is 17.1 Å². The molecule has 92 valence electrons. The second-order valence-corrected chi connectivity index (χ2v) is 5.51. The van der Waals surface area contributed by atoms with Crippen LogP contribution in [0.1, 0.15) is 68.9 Å². The van der Waals surface area contributed by atoms with E-state index in [2.05, 4.69) is 38.1 Å². The Bertz CT molecular complexity index is 375. The molecule has 1 aromatic rings. The van der Waals surface area contributed by atoms with Crippen LogP contribution < -0.4 is 0 Å². The summed E-state index contributed by atoms with van der Waals surface area (Å²) in [5, 5.41) is 0. The summed E-state index contributed by atoms with van der Waals surface area (Å²) < 4.78 is 0. The van der Waals surface area contributed by atoms with Gasteiger partial charge in [-0.3, -0.25) is 4.79 Å². The van der Waals surface area contributed by atoms with Crippen LogP contribution in [0.3, 0.4) is 0 Å². The van der Waals surface area contributed by atoms with E-state index >= 15 is 0 Å². The predicted molar refractivity (Wildman–Crippen MR) is 71.4 cm³/mol. The minimum Gasteiger partial charge on any atom is -0.300 e. The van der Waals surface area contributed by atoms with Crippen LogP contribution in [0.15, 0.2) is 24.3 Å². The molecule has 0 bridgehead atoms. The number of benzene rings is 1. The molecule has 1 unspecified atom stereocenters. The summed E-state index contributed by atoms with van der Waals surface area (Å²) in [6, 6.07) is 8.88. The monoisotopic (exact) mass is 230 g/mol. The van der Waals surface area contributed by atoms with Crippen LogP contribution in [0.5, 0.6) is 0 Å². The van der Waals surface area contributed by atoms with Gasteiger partial charge in [-0.15, -0.1) is 0 Å². The van der Waals surface area contributed by atoms with Crippen LogP contribution in [-0.2, 0) is 4.79 Å². The molecule has 1 aliphatic carbocycles. The fraction of sp³-hybridized carbons (Fsp3) is 0.562. The molecule has 0 spiro atoms. The highest BCUT2D eigenvalue weighted by atomic mass is 16.1. The summed E-state index contributed by atoms with van der Waals surface area (Å²) in [5.74, 6) is 1.49. The van der Waals surface area contributed by atoms with E-state index in [4.69, 9.17) is 0 Å². The Morgan fingerprint density at radius 3 is 2.47 bits per heavy atom. The number of hydrogen-bond donors (Lipinski definition) is 0. The van der Waals surface area contributed by atoms with Crippen molar-refractivity contribution in [2.24, 2.45) is 0 Å². The molecule has 2 rings (SSSR count). The molecule has 1 saturated carbocycles. The highest BCUT2D eigenvalue weighted by molar-refractivity contribution is 5.79. The molecule has 1 nitrogen and oxygen atoms in total. The maximum Gasteiger partial charge on any atom is 0.133 e. The highest BCUT2D eigenvalue weighted by Crippen LogP contribution is 2.30. The van der Waals surface area contributed by atoms with Crippen molar-refractivity contribution in [2.45, 2.75) is 57.8 Å². The summed E-state index contributed by atoms with van der Waals surface area (Å²) in [6.07, 6.45) is 5.00. The summed E-state index contributed by atoms with van der Waals surface area (Å²) in [6.45, 7) is 4.42. The Hall–Kier alpha value is -1.11. The molecule has 0 N–H and O–H groups in total. The summed E-state index contributed by atoms with van der Waals surface area (Å²) in [4.78, 5) is 11.6. The first-order valence-corrected chi connectivity index (χ1v) is 6.78. The van der Waals surface area contributed by atoms with E-state index in [1.165, 1.54) is 24.0 Å². The average molecular weight is 230 g/mol. The molecular weight excluding hydrogens is 208 g/mol. The normalized spacial score (nSPS) is 21.6. The zero-order valence-electron chi connectivity index (χ0n) is 10.9. The van der Waals surface area contributed by atoms with Crippen LogP contribution in [0, 0.1) is 0 Å². The molecule has 0 amide bonds. The predicted octanol–water partition coefficient (Wildman–Crippen LogP) is 4.43. The summed E-state index contributed by atoms with van der Waals surface area (Å²) >= 11 is 0. The molecule has 1 aliphatic rings. The first kappa shape index (κ1) is 12.3. The molecule has 17 heavy (non-hydrogen) atoms. The van der Waals surface area contributed by atoms with E-state index in [0.29, 0.717) is 17.6 Å². The molecule has 0 saturated heterocycles. The lowest BCUT2D eigenvalue weighted by Gasteiger charge is -2.15. The van der Waals surface area contributed by atoms with Gasteiger partial charge < -0.3 is 0 Å². The van der Waals surface area contributed by atoms with Gasteiger partial charge in [0, 0.05) is 12.8 Å². The Kier molecular flexibility index (Phi) is 3.98. The van der Waals surface area contributed by atoms with Gasteiger partial charge in [0.15, 0.2) is 0 Å². The Morgan fingerprint density at radius 1 is 1.12 bits per heavy atom. The van der Waals surface area contributed by atoms with Crippen molar-refractivity contribution in [1.29, 1.82) is 0 Å². The van der Waals surface area contributed by atoms with Crippen molar-refractivity contribution in [2.75, 3.05) is 0 Å². The minimum atomic E-state index is 0.445. The third-order valence-corrected chi connectivity index (χ3v) is 3.81.